The molecule has 1 saturated heterocycles. The fourth-order valence-electron chi connectivity index (χ4n) is 3.93. The van der Waals surface area contributed by atoms with Gasteiger partial charge in [0.1, 0.15) is 12.4 Å². The van der Waals surface area contributed by atoms with E-state index in [-0.39, 0.29) is 30.5 Å². The highest BCUT2D eigenvalue weighted by Gasteiger charge is 2.39. The highest BCUT2D eigenvalue weighted by atomic mass is 16.2. The molecule has 1 atom stereocenters. The molecule has 1 unspecified atom stereocenters. The van der Waals surface area contributed by atoms with Gasteiger partial charge in [-0.05, 0) is 31.0 Å². The summed E-state index contributed by atoms with van der Waals surface area (Å²) in [6.45, 7) is 2.77. The van der Waals surface area contributed by atoms with Gasteiger partial charge in [0.05, 0.1) is 11.9 Å². The summed E-state index contributed by atoms with van der Waals surface area (Å²) in [4.78, 5) is 50.6. The fourth-order valence-corrected chi connectivity index (χ4v) is 3.93. The first-order valence-electron chi connectivity index (χ1n) is 10.3. The molecule has 0 aliphatic carbocycles. The van der Waals surface area contributed by atoms with E-state index in [2.05, 4.69) is 31.1 Å². The average Bonchev–Trinajstić information content (AvgIpc) is 3.53. The van der Waals surface area contributed by atoms with Gasteiger partial charge in [0.2, 0.25) is 17.8 Å². The summed E-state index contributed by atoms with van der Waals surface area (Å²) in [5, 5.41) is 20.4. The Balaban J connectivity index is 1.34. The van der Waals surface area contributed by atoms with Crippen LogP contribution in [0.5, 0.6) is 0 Å². The van der Waals surface area contributed by atoms with Crippen molar-refractivity contribution in [2.75, 3.05) is 5.32 Å². The van der Waals surface area contributed by atoms with Crippen molar-refractivity contribution in [3.05, 3.63) is 47.5 Å². The van der Waals surface area contributed by atoms with Crippen LogP contribution >= 0.6 is 0 Å². The number of rotatable bonds is 5. The van der Waals surface area contributed by atoms with Gasteiger partial charge in [-0.1, -0.05) is 11.3 Å². The molecule has 0 saturated carbocycles. The summed E-state index contributed by atoms with van der Waals surface area (Å²) < 4.78 is 3.06. The number of carbonyl (C=O) groups is 4. The topological polar surface area (TPSA) is 157 Å². The van der Waals surface area contributed by atoms with Crippen molar-refractivity contribution in [2.24, 2.45) is 0 Å². The van der Waals surface area contributed by atoms with E-state index in [1.807, 2.05) is 6.92 Å². The van der Waals surface area contributed by atoms with Crippen molar-refractivity contribution in [1.82, 2.24) is 40.0 Å². The Morgan fingerprint density at radius 3 is 2.88 bits per heavy atom. The van der Waals surface area contributed by atoms with E-state index < -0.39 is 17.9 Å². The number of piperidine rings is 1. The van der Waals surface area contributed by atoms with Crippen molar-refractivity contribution in [3.63, 3.8) is 0 Å². The van der Waals surface area contributed by atoms with Gasteiger partial charge in [0.15, 0.2) is 5.69 Å². The molecule has 33 heavy (non-hydrogen) atoms. The second-order valence-electron chi connectivity index (χ2n) is 7.68. The monoisotopic (exact) mass is 449 g/mol. The van der Waals surface area contributed by atoms with Gasteiger partial charge < -0.3 is 4.90 Å². The number of fused-ring (bicyclic) bond motifs is 1. The maximum absolute atomic E-state index is 13.0. The maximum atomic E-state index is 13.0. The number of anilines is 1. The Morgan fingerprint density at radius 1 is 1.24 bits per heavy atom. The van der Waals surface area contributed by atoms with E-state index in [9.17, 15) is 19.2 Å². The van der Waals surface area contributed by atoms with E-state index in [1.54, 1.807) is 22.8 Å². The molecule has 4 heterocycles. The Kier molecular flexibility index (Phi) is 4.92. The zero-order valence-electron chi connectivity index (χ0n) is 17.6. The zero-order valence-corrected chi connectivity index (χ0v) is 17.6. The van der Waals surface area contributed by atoms with E-state index in [0.29, 0.717) is 30.2 Å². The highest BCUT2D eigenvalue weighted by molar-refractivity contribution is 6.05. The number of aryl methyl sites for hydroxylation is 1. The highest BCUT2D eigenvalue weighted by Crippen LogP contribution is 2.29. The van der Waals surface area contributed by atoms with Crippen molar-refractivity contribution in [3.8, 4) is 5.69 Å². The van der Waals surface area contributed by atoms with Crippen LogP contribution in [0, 0.1) is 0 Å². The molecule has 2 aliphatic heterocycles. The van der Waals surface area contributed by atoms with Crippen LogP contribution in [0.15, 0.2) is 30.7 Å². The number of benzene rings is 1. The first kappa shape index (κ1) is 20.5. The minimum Gasteiger partial charge on any atom is -0.322 e. The zero-order chi connectivity index (χ0) is 23.1. The van der Waals surface area contributed by atoms with Gasteiger partial charge in [-0.15, -0.1) is 15.3 Å². The molecule has 4 amide bonds. The Morgan fingerprint density at radius 2 is 2.09 bits per heavy atom. The molecule has 13 heteroatoms. The van der Waals surface area contributed by atoms with Crippen LogP contribution in [0.1, 0.15) is 46.2 Å². The van der Waals surface area contributed by atoms with E-state index in [1.165, 1.54) is 22.1 Å². The lowest BCUT2D eigenvalue weighted by Crippen LogP contribution is -2.52. The maximum Gasteiger partial charge on any atom is 0.280 e. The summed E-state index contributed by atoms with van der Waals surface area (Å²) >= 11 is 0. The van der Waals surface area contributed by atoms with Gasteiger partial charge in [-0.2, -0.15) is 0 Å². The van der Waals surface area contributed by atoms with Crippen molar-refractivity contribution in [1.29, 1.82) is 0 Å². The van der Waals surface area contributed by atoms with Crippen LogP contribution in [0.2, 0.25) is 0 Å². The van der Waals surface area contributed by atoms with E-state index >= 15 is 0 Å². The van der Waals surface area contributed by atoms with Crippen LogP contribution in [-0.4, -0.2) is 64.3 Å². The number of aromatic nitrogens is 6. The van der Waals surface area contributed by atoms with Crippen molar-refractivity contribution < 1.29 is 19.2 Å². The molecule has 0 spiro atoms. The largest absolute Gasteiger partial charge is 0.322 e. The second kappa shape index (κ2) is 7.93. The lowest BCUT2D eigenvalue weighted by molar-refractivity contribution is -0.136. The Hall–Kier alpha value is -4.42. The lowest BCUT2D eigenvalue weighted by atomic mass is 10.0. The summed E-state index contributed by atoms with van der Waals surface area (Å²) in [6.07, 6.45) is 3.44. The van der Waals surface area contributed by atoms with Crippen LogP contribution in [0.3, 0.4) is 0 Å². The molecule has 13 nitrogen and oxygen atoms in total. The van der Waals surface area contributed by atoms with Crippen LogP contribution in [-0.2, 0) is 22.7 Å². The van der Waals surface area contributed by atoms with Crippen LogP contribution in [0.25, 0.3) is 5.69 Å². The summed E-state index contributed by atoms with van der Waals surface area (Å²) in [5.41, 5.74) is 1.81. The van der Waals surface area contributed by atoms with Gasteiger partial charge in [0, 0.05) is 25.1 Å². The van der Waals surface area contributed by atoms with Gasteiger partial charge in [-0.25, -0.2) is 4.68 Å². The second-order valence-corrected chi connectivity index (χ2v) is 7.68. The average molecular weight is 449 g/mol. The molecule has 0 radical (unpaired) electrons. The third kappa shape index (κ3) is 3.62. The number of amides is 4. The predicted molar refractivity (Wildman–Crippen MR) is 111 cm³/mol. The van der Waals surface area contributed by atoms with Gasteiger partial charge in [0.25, 0.3) is 11.8 Å². The first-order chi connectivity index (χ1) is 15.9. The van der Waals surface area contributed by atoms with Crippen molar-refractivity contribution >= 4 is 29.6 Å². The van der Waals surface area contributed by atoms with Gasteiger partial charge >= 0.3 is 0 Å². The molecule has 2 N–H and O–H groups in total. The Labute approximate surface area is 186 Å². The fraction of sp³-hybridized carbons (Fsp3) is 0.300. The number of imide groups is 1. The van der Waals surface area contributed by atoms with Crippen LogP contribution < -0.4 is 10.6 Å². The van der Waals surface area contributed by atoms with Crippen LogP contribution in [0.4, 0.5) is 5.95 Å². The third-order valence-electron chi connectivity index (χ3n) is 5.68. The summed E-state index contributed by atoms with van der Waals surface area (Å²) in [6, 6.07) is 4.50. The molecule has 1 aromatic carbocycles. The van der Waals surface area contributed by atoms with Crippen molar-refractivity contribution in [2.45, 2.75) is 38.9 Å². The Bertz CT molecular complexity index is 1290. The number of hydrogen-bond donors (Lipinski definition) is 2. The van der Waals surface area contributed by atoms with E-state index in [0.717, 1.165) is 5.56 Å². The molecule has 5 rings (SSSR count). The number of carbonyl (C=O) groups excluding carboxylic acids is 4. The van der Waals surface area contributed by atoms with Gasteiger partial charge in [-0.3, -0.25) is 34.4 Å². The number of hydrogen-bond acceptors (Lipinski definition) is 8. The SMILES string of the molecule is CCn1cnnc1NC(=O)c1cn(-c2ccc3c(c2)C(=O)N(C2CCC(=O)NC2=O)C3)nn1. The molecular formula is C20H19N9O4. The molecule has 168 valence electrons. The molecule has 2 aliphatic rings. The summed E-state index contributed by atoms with van der Waals surface area (Å²) in [5.74, 6) is -1.28. The molecule has 1 fully saturated rings. The molecule has 0 bridgehead atoms. The molecular weight excluding hydrogens is 430 g/mol. The number of nitrogens with one attached hydrogen (secondary N) is 2. The minimum absolute atomic E-state index is 0.0673. The number of nitrogens with zero attached hydrogens (tertiary/aromatic N) is 7. The van der Waals surface area contributed by atoms with E-state index in [4.69, 9.17) is 0 Å². The molecule has 2 aromatic heterocycles. The molecule has 3 aromatic rings. The first-order valence-corrected chi connectivity index (χ1v) is 10.3. The lowest BCUT2D eigenvalue weighted by Gasteiger charge is -2.29. The third-order valence-corrected chi connectivity index (χ3v) is 5.68. The minimum atomic E-state index is -0.683. The normalized spacial score (nSPS) is 17.8. The smallest absolute Gasteiger partial charge is 0.280 e. The predicted octanol–water partition coefficient (Wildman–Crippen LogP) is -0.108. The standard InChI is InChI=1S/C20H19N9O4/c1-2-27-10-21-25-20(27)23-17(31)14-9-29(26-24-14)12-4-3-11-8-28(19(33)13(11)7-12)15-5-6-16(30)22-18(15)32/h3-4,7,9-10,15H,2,5-6,8H2,1H3,(H,22,30,32)(H,23,25,31). The quantitative estimate of drug-likeness (QED) is 0.511. The summed E-state index contributed by atoms with van der Waals surface area (Å²) in [7, 11) is 0.